The summed E-state index contributed by atoms with van der Waals surface area (Å²) in [5, 5.41) is 3.10. The van der Waals surface area contributed by atoms with E-state index in [4.69, 9.17) is 4.74 Å². The van der Waals surface area contributed by atoms with Gasteiger partial charge in [-0.15, -0.1) is 11.3 Å². The fourth-order valence-corrected chi connectivity index (χ4v) is 4.80. The molecule has 1 amide bonds. The normalized spacial score (nSPS) is 14.0. The number of aryl methyl sites for hydroxylation is 2. The number of hydrogen-bond acceptors (Lipinski definition) is 6. The van der Waals surface area contributed by atoms with Crippen molar-refractivity contribution in [2.45, 2.75) is 30.6 Å². The molecule has 2 aromatic rings. The summed E-state index contributed by atoms with van der Waals surface area (Å²) in [5.74, 6) is -0.618. The largest absolute Gasteiger partial charge is 0.497 e. The first kappa shape index (κ1) is 16.9. The fourth-order valence-electron chi connectivity index (χ4n) is 2.60. The van der Waals surface area contributed by atoms with Crippen LogP contribution in [-0.4, -0.2) is 32.2 Å². The second-order valence-electron chi connectivity index (χ2n) is 5.58. The average Bonchev–Trinajstić information content (AvgIpc) is 2.96. The molecule has 24 heavy (non-hydrogen) atoms. The minimum absolute atomic E-state index is 0.0943. The van der Waals surface area contributed by atoms with Gasteiger partial charge in [0.1, 0.15) is 11.5 Å². The minimum Gasteiger partial charge on any atom is -0.497 e. The van der Waals surface area contributed by atoms with Crippen LogP contribution in [0.5, 0.6) is 5.75 Å². The van der Waals surface area contributed by atoms with E-state index in [9.17, 15) is 13.2 Å². The predicted molar refractivity (Wildman–Crippen MR) is 92.4 cm³/mol. The summed E-state index contributed by atoms with van der Waals surface area (Å²) in [6.45, 7) is 0. The summed E-state index contributed by atoms with van der Waals surface area (Å²) in [5.41, 5.74) is 1.03. The Hall–Kier alpha value is -1.93. The van der Waals surface area contributed by atoms with E-state index in [0.29, 0.717) is 10.9 Å². The summed E-state index contributed by atoms with van der Waals surface area (Å²) >= 11 is 1.44. The molecule has 0 radical (unpaired) electrons. The molecule has 0 bridgehead atoms. The zero-order valence-corrected chi connectivity index (χ0v) is 14.9. The van der Waals surface area contributed by atoms with E-state index in [1.54, 1.807) is 12.1 Å². The molecule has 0 atom stereocenters. The lowest BCUT2D eigenvalue weighted by atomic mass is 10.0. The van der Waals surface area contributed by atoms with E-state index in [1.165, 1.54) is 35.5 Å². The molecular weight excluding hydrogens is 348 g/mol. The number of carbonyl (C=O) groups excluding carboxylic acids is 1. The van der Waals surface area contributed by atoms with E-state index < -0.39 is 21.5 Å². The van der Waals surface area contributed by atoms with Gasteiger partial charge in [0.05, 0.1) is 17.7 Å². The van der Waals surface area contributed by atoms with Gasteiger partial charge in [-0.3, -0.25) is 4.79 Å². The Morgan fingerprint density at radius 2 is 1.96 bits per heavy atom. The Morgan fingerprint density at radius 3 is 2.62 bits per heavy atom. The average molecular weight is 366 g/mol. The van der Waals surface area contributed by atoms with Gasteiger partial charge in [-0.2, -0.15) is 0 Å². The molecule has 1 aliphatic carbocycles. The second-order valence-corrected chi connectivity index (χ2v) is 8.65. The van der Waals surface area contributed by atoms with Crippen LogP contribution in [0.15, 0.2) is 29.2 Å². The lowest BCUT2D eigenvalue weighted by molar-refractivity contribution is -0.113. The van der Waals surface area contributed by atoms with Gasteiger partial charge in [0, 0.05) is 4.88 Å². The van der Waals surface area contributed by atoms with E-state index in [2.05, 4.69) is 10.3 Å². The third-order valence-electron chi connectivity index (χ3n) is 3.83. The molecule has 128 valence electrons. The molecular formula is C16H18N2O4S2. The number of anilines is 1. The number of rotatable bonds is 5. The molecule has 1 aromatic carbocycles. The number of ether oxygens (including phenoxy) is 1. The predicted octanol–water partition coefficient (Wildman–Crippen LogP) is 2.44. The van der Waals surface area contributed by atoms with Crippen LogP contribution in [0.3, 0.4) is 0 Å². The van der Waals surface area contributed by atoms with E-state index in [-0.39, 0.29) is 4.90 Å². The number of nitrogens with one attached hydrogen (secondary N) is 1. The van der Waals surface area contributed by atoms with Crippen molar-refractivity contribution in [3.05, 3.63) is 34.8 Å². The van der Waals surface area contributed by atoms with Crippen molar-refractivity contribution in [1.29, 1.82) is 0 Å². The van der Waals surface area contributed by atoms with Gasteiger partial charge in [-0.1, -0.05) is 0 Å². The summed E-state index contributed by atoms with van der Waals surface area (Å²) in [6, 6.07) is 5.98. The highest BCUT2D eigenvalue weighted by molar-refractivity contribution is 7.92. The molecule has 1 heterocycles. The molecule has 6 nitrogen and oxygen atoms in total. The topological polar surface area (TPSA) is 85.4 Å². The molecule has 8 heteroatoms. The van der Waals surface area contributed by atoms with Crippen molar-refractivity contribution in [2.24, 2.45) is 0 Å². The number of nitrogens with zero attached hydrogens (tertiary/aromatic N) is 1. The number of hydrogen-bond donors (Lipinski definition) is 1. The first-order chi connectivity index (χ1) is 11.5. The third-order valence-corrected chi connectivity index (χ3v) is 6.54. The van der Waals surface area contributed by atoms with E-state index in [0.717, 1.165) is 31.4 Å². The van der Waals surface area contributed by atoms with Gasteiger partial charge in [0.25, 0.3) is 0 Å². The maximum atomic E-state index is 12.3. The SMILES string of the molecule is COc1ccc(S(=O)(=O)CC(=O)Nc2nc3c(s2)CCCC3)cc1. The maximum Gasteiger partial charge on any atom is 0.241 e. The zero-order valence-electron chi connectivity index (χ0n) is 13.2. The molecule has 0 saturated carbocycles. The fraction of sp³-hybridized carbons (Fsp3) is 0.375. The number of amides is 1. The summed E-state index contributed by atoms with van der Waals surface area (Å²) < 4.78 is 29.6. The quantitative estimate of drug-likeness (QED) is 0.878. The second kappa shape index (κ2) is 6.90. The number of thiazole rings is 1. The molecule has 1 aliphatic rings. The molecule has 0 aliphatic heterocycles. The van der Waals surface area contributed by atoms with Crippen LogP contribution in [0, 0.1) is 0 Å². The summed E-state index contributed by atoms with van der Waals surface area (Å²) in [7, 11) is -2.19. The Morgan fingerprint density at radius 1 is 1.25 bits per heavy atom. The van der Waals surface area contributed by atoms with Crippen molar-refractivity contribution in [3.8, 4) is 5.75 Å². The van der Waals surface area contributed by atoms with Gasteiger partial charge in [-0.05, 0) is 49.9 Å². The van der Waals surface area contributed by atoms with Crippen molar-refractivity contribution in [3.63, 3.8) is 0 Å². The van der Waals surface area contributed by atoms with Crippen molar-refractivity contribution in [2.75, 3.05) is 18.2 Å². The van der Waals surface area contributed by atoms with Gasteiger partial charge in [-0.25, -0.2) is 13.4 Å². The number of methoxy groups -OCH3 is 1. The Kier molecular flexibility index (Phi) is 4.86. The van der Waals surface area contributed by atoms with Crippen LogP contribution in [0.2, 0.25) is 0 Å². The first-order valence-corrected chi connectivity index (χ1v) is 10.1. The van der Waals surface area contributed by atoms with Gasteiger partial charge in [0.15, 0.2) is 15.0 Å². The summed E-state index contributed by atoms with van der Waals surface area (Å²) in [6.07, 6.45) is 4.14. The molecule has 3 rings (SSSR count). The minimum atomic E-state index is -3.70. The monoisotopic (exact) mass is 366 g/mol. The lowest BCUT2D eigenvalue weighted by Gasteiger charge is -2.06. The van der Waals surface area contributed by atoms with Crippen LogP contribution in [-0.2, 0) is 27.5 Å². The third kappa shape index (κ3) is 3.76. The van der Waals surface area contributed by atoms with Crippen molar-refractivity contribution < 1.29 is 17.9 Å². The van der Waals surface area contributed by atoms with Crippen LogP contribution >= 0.6 is 11.3 Å². The van der Waals surface area contributed by atoms with Gasteiger partial charge in [0.2, 0.25) is 5.91 Å². The number of fused-ring (bicyclic) bond motifs is 1. The number of aromatic nitrogens is 1. The molecule has 1 N–H and O–H groups in total. The molecule has 0 saturated heterocycles. The smallest absolute Gasteiger partial charge is 0.241 e. The highest BCUT2D eigenvalue weighted by Crippen LogP contribution is 2.29. The Bertz CT molecular complexity index is 818. The zero-order chi connectivity index (χ0) is 17.2. The van der Waals surface area contributed by atoms with Crippen molar-refractivity contribution in [1.82, 2.24) is 4.98 Å². The number of carbonyl (C=O) groups is 1. The molecule has 0 unspecified atom stereocenters. The van der Waals surface area contributed by atoms with E-state index >= 15 is 0 Å². The maximum absolute atomic E-state index is 12.3. The van der Waals surface area contributed by atoms with Gasteiger partial charge < -0.3 is 10.1 Å². The number of sulfone groups is 1. The first-order valence-electron chi connectivity index (χ1n) is 7.63. The van der Waals surface area contributed by atoms with Crippen molar-refractivity contribution >= 4 is 32.2 Å². The highest BCUT2D eigenvalue weighted by Gasteiger charge is 2.21. The van der Waals surface area contributed by atoms with Crippen LogP contribution in [0.1, 0.15) is 23.4 Å². The van der Waals surface area contributed by atoms with Crippen LogP contribution in [0.25, 0.3) is 0 Å². The lowest BCUT2D eigenvalue weighted by Crippen LogP contribution is -2.23. The standard InChI is InChI=1S/C16H18N2O4S2/c1-22-11-6-8-12(9-7-11)24(20,21)10-15(19)18-16-17-13-4-2-3-5-14(13)23-16/h6-9H,2-5,10H2,1H3,(H,17,18,19). The summed E-state index contributed by atoms with van der Waals surface area (Å²) in [4.78, 5) is 17.8. The number of benzene rings is 1. The Labute approximate surface area is 144 Å². The molecule has 0 fully saturated rings. The van der Waals surface area contributed by atoms with Gasteiger partial charge >= 0.3 is 0 Å². The molecule has 0 spiro atoms. The van der Waals surface area contributed by atoms with E-state index in [1.807, 2.05) is 0 Å². The van der Waals surface area contributed by atoms with Crippen LogP contribution < -0.4 is 10.1 Å². The highest BCUT2D eigenvalue weighted by atomic mass is 32.2. The molecule has 1 aromatic heterocycles. The van der Waals surface area contributed by atoms with Crippen LogP contribution in [0.4, 0.5) is 5.13 Å². The Balaban J connectivity index is 1.67.